The molecule has 1 spiro atoms. The first-order chi connectivity index (χ1) is 32.8. The number of imide groups is 1. The number of anilines is 2. The Morgan fingerprint density at radius 1 is 0.855 bits per heavy atom. The summed E-state index contributed by atoms with van der Waals surface area (Å²) in [6.45, 7) is 7.81. The van der Waals surface area contributed by atoms with Crippen LogP contribution in [-0.2, 0) is 9.59 Å². The van der Waals surface area contributed by atoms with Crippen LogP contribution in [0.15, 0.2) is 48.7 Å². The molecule has 5 fully saturated rings. The number of piperazine rings is 1. The molecule has 0 atom stereocenters. The number of phenolic OH excluding ortho intramolecular Hbond substituents is 1. The Hall–Kier alpha value is -6.38. The van der Waals surface area contributed by atoms with E-state index in [1.165, 1.54) is 5.69 Å². The third-order valence-electron chi connectivity index (χ3n) is 14.6. The molecule has 4 N–H and O–H groups in total. The normalized spacial score (nSPS) is 23.5. The van der Waals surface area contributed by atoms with Gasteiger partial charge in [0.1, 0.15) is 0 Å². The molecule has 0 unspecified atom stereocenters. The lowest BCUT2D eigenvalue weighted by Crippen LogP contribution is -2.52. The second-order valence-electron chi connectivity index (χ2n) is 18.9. The highest BCUT2D eigenvalue weighted by Crippen LogP contribution is 2.45. The minimum absolute atomic E-state index is 0.00243. The first kappa shape index (κ1) is 49.1. The summed E-state index contributed by atoms with van der Waals surface area (Å²) in [4.78, 5) is 68.0. The third-order valence-corrected chi connectivity index (χ3v) is 14.6. The zero-order chi connectivity index (χ0) is 49.4. The number of nitrogens with zero attached hydrogens (tertiary/aromatic N) is 6. The van der Waals surface area contributed by atoms with Gasteiger partial charge in [0.2, 0.25) is 11.7 Å². The van der Waals surface area contributed by atoms with E-state index in [4.69, 9.17) is 15.0 Å². The smallest absolute Gasteiger partial charge is 0.490 e. The number of urea groups is 1. The molecular weight excluding hydrogens is 915 g/mol. The minimum Gasteiger partial charge on any atom is -0.503 e. The number of nitrogens with one attached hydrogen (secondary N) is 2. The van der Waals surface area contributed by atoms with Gasteiger partial charge < -0.3 is 25.3 Å². The fraction of sp³-hybridized carbons (Fsp3) is 0.500. The van der Waals surface area contributed by atoms with Gasteiger partial charge in [-0.1, -0.05) is 6.07 Å². The lowest BCUT2D eigenvalue weighted by atomic mass is 9.71. The van der Waals surface area contributed by atoms with Crippen molar-refractivity contribution in [2.45, 2.75) is 89.4 Å². The van der Waals surface area contributed by atoms with Gasteiger partial charge in [-0.2, -0.15) is 22.7 Å². The van der Waals surface area contributed by atoms with Crippen LogP contribution in [0.25, 0.3) is 10.9 Å². The van der Waals surface area contributed by atoms with E-state index in [0.717, 1.165) is 114 Å². The molecule has 69 heavy (non-hydrogen) atoms. The molecule has 1 aromatic heterocycles. The van der Waals surface area contributed by atoms with E-state index in [1.54, 1.807) is 11.0 Å². The number of aliphatic carboxylic acids is 1. The molecule has 3 aromatic carbocycles. The number of alkyl halides is 3. The second kappa shape index (κ2) is 19.9. The van der Waals surface area contributed by atoms with Gasteiger partial charge in [0, 0.05) is 93.3 Å². The molecule has 0 bridgehead atoms. The third kappa shape index (κ3) is 10.8. The number of aromatic nitrogens is 2. The number of aryl methyl sites for hydroxylation is 1. The van der Waals surface area contributed by atoms with Crippen molar-refractivity contribution in [3.05, 3.63) is 82.8 Å². The summed E-state index contributed by atoms with van der Waals surface area (Å²) >= 11 is 0. The zero-order valence-corrected chi connectivity index (χ0v) is 38.0. The summed E-state index contributed by atoms with van der Waals surface area (Å²) in [5.41, 5.74) is 3.61. The van der Waals surface area contributed by atoms with Crippen LogP contribution >= 0.6 is 0 Å². The van der Waals surface area contributed by atoms with Gasteiger partial charge in [-0.25, -0.2) is 18.4 Å². The van der Waals surface area contributed by atoms with Crippen LogP contribution < -0.4 is 20.4 Å². The zero-order valence-electron chi connectivity index (χ0n) is 38.0. The predicted octanol–water partition coefficient (Wildman–Crippen LogP) is 7.31. The van der Waals surface area contributed by atoms with E-state index < -0.39 is 52.8 Å². The quantitative estimate of drug-likeness (QED) is 0.103. The Labute approximate surface area is 393 Å². The van der Waals surface area contributed by atoms with Crippen molar-refractivity contribution in [1.82, 2.24) is 30.2 Å². The van der Waals surface area contributed by atoms with Crippen LogP contribution in [0.1, 0.15) is 96.5 Å². The fourth-order valence-electron chi connectivity index (χ4n) is 10.6. The highest BCUT2D eigenvalue weighted by Gasteiger charge is 2.44. The summed E-state index contributed by atoms with van der Waals surface area (Å²) < 4.78 is 75.5. The average Bonchev–Trinajstić information content (AvgIpc) is 3.96. The predicted molar refractivity (Wildman–Crippen MR) is 240 cm³/mol. The van der Waals surface area contributed by atoms with Crippen molar-refractivity contribution in [2.75, 3.05) is 62.2 Å². The summed E-state index contributed by atoms with van der Waals surface area (Å²) in [6.07, 6.45) is 6.02. The Kier molecular flexibility index (Phi) is 14.2. The molecule has 21 heteroatoms. The van der Waals surface area contributed by atoms with Gasteiger partial charge in [-0.3, -0.25) is 34.2 Å². The maximum Gasteiger partial charge on any atom is 0.490 e. The molecule has 2 aliphatic carbocycles. The molecule has 5 amide bonds. The Balaban J connectivity index is 0.000000853. The van der Waals surface area contributed by atoms with Gasteiger partial charge in [0.25, 0.3) is 11.8 Å². The van der Waals surface area contributed by atoms with E-state index in [9.17, 15) is 50.6 Å². The number of rotatable bonds is 8. The van der Waals surface area contributed by atoms with Gasteiger partial charge in [0.05, 0.1) is 17.1 Å². The number of likely N-dealkylation sites (tertiary alicyclic amines) is 1. The number of aromatic hydroxyl groups is 1. The summed E-state index contributed by atoms with van der Waals surface area (Å²) in [7, 11) is 0. The Morgan fingerprint density at radius 3 is 2.22 bits per heavy atom. The van der Waals surface area contributed by atoms with E-state index in [0.29, 0.717) is 29.9 Å². The van der Waals surface area contributed by atoms with Crippen molar-refractivity contribution < 1.29 is 60.5 Å². The number of carbonyl (C=O) groups is 5. The second-order valence-corrected chi connectivity index (χ2v) is 18.9. The van der Waals surface area contributed by atoms with E-state index in [2.05, 4.69) is 49.5 Å². The number of halogens is 6. The highest BCUT2D eigenvalue weighted by atomic mass is 19.4. The molecule has 0 radical (unpaired) electrons. The maximum atomic E-state index is 14.2. The number of amides is 5. The molecule has 2 saturated carbocycles. The molecular formula is C48H54F6N8O7. The highest BCUT2D eigenvalue weighted by molar-refractivity contribution is 6.06. The van der Waals surface area contributed by atoms with Crippen LogP contribution in [0.5, 0.6) is 5.75 Å². The molecule has 4 heterocycles. The van der Waals surface area contributed by atoms with Crippen molar-refractivity contribution in [3.8, 4) is 5.75 Å². The Bertz CT molecular complexity index is 2620. The first-order valence-corrected chi connectivity index (χ1v) is 23.2. The lowest BCUT2D eigenvalue weighted by molar-refractivity contribution is -0.192. The monoisotopic (exact) mass is 968 g/mol. The van der Waals surface area contributed by atoms with E-state index >= 15 is 0 Å². The van der Waals surface area contributed by atoms with Crippen LogP contribution in [0, 0.1) is 35.7 Å². The van der Waals surface area contributed by atoms with Crippen molar-refractivity contribution in [3.63, 3.8) is 0 Å². The van der Waals surface area contributed by atoms with Gasteiger partial charge in [-0.05, 0) is 118 Å². The van der Waals surface area contributed by atoms with E-state index in [1.807, 2.05) is 24.0 Å². The number of hydrogen-bond donors (Lipinski definition) is 4. The maximum absolute atomic E-state index is 14.2. The Morgan fingerprint density at radius 2 is 1.55 bits per heavy atom. The number of phenols is 1. The van der Waals surface area contributed by atoms with Crippen LogP contribution in [0.4, 0.5) is 42.5 Å². The average molecular weight is 969 g/mol. The SMILES string of the molecule is Cc1ccc(C(=O)N2CCC3(CCC(N4CCN(c5ccc6cn(C7CCC(CNC(=O)c8cc(F)c(O)c(F)c8F)CC7)nc6c5)CC4)CC3)C2)cc1N1CCC(=O)NC1=O.O=C(O)C(F)(F)F. The molecule has 9 rings (SSSR count). The van der Waals surface area contributed by atoms with Crippen molar-refractivity contribution >= 4 is 52.0 Å². The number of fused-ring (bicyclic) bond motifs is 1. The largest absolute Gasteiger partial charge is 0.503 e. The number of carbonyl (C=O) groups excluding carboxylic acids is 4. The number of carboxylic acid groups (broad SMARTS) is 1. The number of carboxylic acids is 1. The van der Waals surface area contributed by atoms with E-state index in [-0.39, 0.29) is 42.2 Å². The first-order valence-electron chi connectivity index (χ1n) is 23.2. The topological polar surface area (TPSA) is 181 Å². The summed E-state index contributed by atoms with van der Waals surface area (Å²) in [5, 5.41) is 27.4. The lowest BCUT2D eigenvalue weighted by Gasteiger charge is -2.45. The van der Waals surface area contributed by atoms with Crippen LogP contribution in [0.3, 0.4) is 0 Å². The molecule has 370 valence electrons. The molecule has 3 aliphatic heterocycles. The number of benzene rings is 3. The van der Waals surface area contributed by atoms with Crippen molar-refractivity contribution in [2.24, 2.45) is 11.3 Å². The van der Waals surface area contributed by atoms with Crippen molar-refractivity contribution in [1.29, 1.82) is 0 Å². The fourth-order valence-corrected chi connectivity index (χ4v) is 10.6. The number of hydrogen-bond acceptors (Lipinski definition) is 9. The molecule has 5 aliphatic rings. The summed E-state index contributed by atoms with van der Waals surface area (Å²) in [5.74, 6) is -10.0. The molecule has 4 aromatic rings. The standard InChI is InChI=1S/C46H53F3N8O5.C2HF3O2/c1-28-2-5-30(22-38(28)56-16-12-39(58)51-45(56)62)44(61)55-17-15-46(27-55)13-10-32(11-14-46)53-18-20-54(21-19-53)34-9-6-31-26-57(52-37(31)23-34)33-7-3-29(4-8-33)25-50-43(60)35-24-36(47)42(59)41(49)40(35)48;3-2(4,5)1(6)7/h2,5-6,9,22-24,26,29,32-33,59H,3-4,7-8,10-21,25,27H2,1H3,(H,50,60)(H,51,58,62);(H,6,7). The minimum atomic E-state index is -5.08. The van der Waals surface area contributed by atoms with Gasteiger partial charge in [0.15, 0.2) is 17.4 Å². The molecule has 3 saturated heterocycles. The molecule has 15 nitrogen and oxygen atoms in total. The van der Waals surface area contributed by atoms with Crippen LogP contribution in [0.2, 0.25) is 0 Å². The van der Waals surface area contributed by atoms with Crippen LogP contribution in [-0.4, -0.2) is 124 Å². The van der Waals surface area contributed by atoms with Gasteiger partial charge in [-0.15, -0.1) is 0 Å². The summed E-state index contributed by atoms with van der Waals surface area (Å²) in [6, 6.07) is 12.8. The van der Waals surface area contributed by atoms with Gasteiger partial charge >= 0.3 is 18.2 Å².